The summed E-state index contributed by atoms with van der Waals surface area (Å²) in [5, 5.41) is 18.5. The van der Waals surface area contributed by atoms with Crippen molar-refractivity contribution in [3.8, 4) is 0 Å². The Bertz CT molecular complexity index is 415. The standard InChI is InChI=1S/C13H24N4O2/c1-8(2)11-10(14)12(17-16-11)13(19)15-6-4-5-9(3)7-18/h8-9,18H,4-7,14H2,1-3H3,(H,15,19)(H,16,17). The monoisotopic (exact) mass is 268 g/mol. The van der Waals surface area contributed by atoms with Gasteiger partial charge in [-0.1, -0.05) is 20.8 Å². The van der Waals surface area contributed by atoms with Crippen LogP contribution in [0.3, 0.4) is 0 Å². The number of nitrogens with two attached hydrogens (primary N) is 1. The van der Waals surface area contributed by atoms with Crippen molar-refractivity contribution in [3.05, 3.63) is 11.4 Å². The first-order valence-electron chi connectivity index (χ1n) is 6.70. The van der Waals surface area contributed by atoms with Gasteiger partial charge in [-0.05, 0) is 24.7 Å². The fourth-order valence-electron chi connectivity index (χ4n) is 1.80. The van der Waals surface area contributed by atoms with Crippen LogP contribution in [0, 0.1) is 5.92 Å². The number of aromatic amines is 1. The Morgan fingerprint density at radius 3 is 2.68 bits per heavy atom. The zero-order chi connectivity index (χ0) is 14.4. The van der Waals surface area contributed by atoms with E-state index in [0.717, 1.165) is 18.5 Å². The van der Waals surface area contributed by atoms with E-state index in [-0.39, 0.29) is 30.0 Å². The molecule has 1 amide bonds. The van der Waals surface area contributed by atoms with Crippen LogP contribution in [0.2, 0.25) is 0 Å². The number of rotatable bonds is 7. The zero-order valence-corrected chi connectivity index (χ0v) is 11.9. The van der Waals surface area contributed by atoms with Crippen LogP contribution in [0.15, 0.2) is 0 Å². The van der Waals surface area contributed by atoms with Gasteiger partial charge in [0.1, 0.15) is 0 Å². The Hall–Kier alpha value is -1.56. The van der Waals surface area contributed by atoms with Crippen LogP contribution in [0.1, 0.15) is 55.7 Å². The second-order valence-corrected chi connectivity index (χ2v) is 5.24. The lowest BCUT2D eigenvalue weighted by Crippen LogP contribution is -2.26. The van der Waals surface area contributed by atoms with E-state index in [1.54, 1.807) is 0 Å². The summed E-state index contributed by atoms with van der Waals surface area (Å²) in [6.07, 6.45) is 1.71. The number of aromatic nitrogens is 2. The van der Waals surface area contributed by atoms with E-state index in [4.69, 9.17) is 10.8 Å². The fourth-order valence-corrected chi connectivity index (χ4v) is 1.80. The lowest BCUT2D eigenvalue weighted by atomic mass is 10.1. The summed E-state index contributed by atoms with van der Waals surface area (Å²) in [7, 11) is 0. The molecule has 0 aliphatic heterocycles. The summed E-state index contributed by atoms with van der Waals surface area (Å²) in [6, 6.07) is 0. The quantitative estimate of drug-likeness (QED) is 0.559. The van der Waals surface area contributed by atoms with Crippen LogP contribution in [-0.2, 0) is 0 Å². The first kappa shape index (κ1) is 15.5. The second kappa shape index (κ2) is 7.13. The van der Waals surface area contributed by atoms with Crippen LogP contribution < -0.4 is 11.1 Å². The first-order valence-corrected chi connectivity index (χ1v) is 6.70. The van der Waals surface area contributed by atoms with Gasteiger partial charge in [0.2, 0.25) is 0 Å². The highest BCUT2D eigenvalue weighted by Crippen LogP contribution is 2.21. The third-order valence-electron chi connectivity index (χ3n) is 3.10. The molecule has 0 aliphatic rings. The molecule has 5 N–H and O–H groups in total. The van der Waals surface area contributed by atoms with Crippen molar-refractivity contribution in [2.75, 3.05) is 18.9 Å². The Morgan fingerprint density at radius 2 is 2.16 bits per heavy atom. The van der Waals surface area contributed by atoms with E-state index in [1.165, 1.54) is 0 Å². The molecule has 1 unspecified atom stereocenters. The normalized spacial score (nSPS) is 12.7. The number of carbonyl (C=O) groups is 1. The summed E-state index contributed by atoms with van der Waals surface area (Å²) in [6.45, 7) is 6.69. The molecule has 0 saturated heterocycles. The highest BCUT2D eigenvalue weighted by Gasteiger charge is 2.18. The number of carbonyl (C=O) groups excluding carboxylic acids is 1. The molecule has 0 bridgehead atoms. The highest BCUT2D eigenvalue weighted by atomic mass is 16.3. The molecular weight excluding hydrogens is 244 g/mol. The third-order valence-corrected chi connectivity index (χ3v) is 3.10. The van der Waals surface area contributed by atoms with Gasteiger partial charge in [-0.2, -0.15) is 5.10 Å². The van der Waals surface area contributed by atoms with Gasteiger partial charge < -0.3 is 16.2 Å². The van der Waals surface area contributed by atoms with E-state index < -0.39 is 0 Å². The van der Waals surface area contributed by atoms with Crippen LogP contribution in [0.4, 0.5) is 5.69 Å². The van der Waals surface area contributed by atoms with Gasteiger partial charge in [-0.25, -0.2) is 0 Å². The Morgan fingerprint density at radius 1 is 1.47 bits per heavy atom. The topological polar surface area (TPSA) is 104 Å². The van der Waals surface area contributed by atoms with Gasteiger partial charge in [-0.15, -0.1) is 0 Å². The maximum atomic E-state index is 11.9. The smallest absolute Gasteiger partial charge is 0.273 e. The maximum absolute atomic E-state index is 11.9. The Kier molecular flexibility index (Phi) is 5.82. The number of H-pyrrole nitrogens is 1. The van der Waals surface area contributed by atoms with Gasteiger partial charge in [0.15, 0.2) is 5.69 Å². The van der Waals surface area contributed by atoms with Gasteiger partial charge in [0.05, 0.1) is 11.4 Å². The summed E-state index contributed by atoms with van der Waals surface area (Å²) in [4.78, 5) is 11.9. The predicted molar refractivity (Wildman–Crippen MR) is 74.9 cm³/mol. The van der Waals surface area contributed by atoms with Gasteiger partial charge in [-0.3, -0.25) is 9.89 Å². The molecule has 6 nitrogen and oxygen atoms in total. The average Bonchev–Trinajstić information content (AvgIpc) is 2.76. The van der Waals surface area contributed by atoms with Gasteiger partial charge in [0.25, 0.3) is 5.91 Å². The largest absolute Gasteiger partial charge is 0.396 e. The van der Waals surface area contributed by atoms with Crippen LogP contribution in [-0.4, -0.2) is 34.4 Å². The summed E-state index contributed by atoms with van der Waals surface area (Å²) in [5.74, 6) is 0.219. The van der Waals surface area contributed by atoms with Crippen molar-refractivity contribution < 1.29 is 9.90 Å². The zero-order valence-electron chi connectivity index (χ0n) is 11.9. The molecule has 0 spiro atoms. The Labute approximate surface area is 113 Å². The lowest BCUT2D eigenvalue weighted by molar-refractivity contribution is 0.0948. The summed E-state index contributed by atoms with van der Waals surface area (Å²) < 4.78 is 0. The minimum absolute atomic E-state index is 0.179. The Balaban J connectivity index is 2.46. The van der Waals surface area contributed by atoms with E-state index in [9.17, 15) is 4.79 Å². The molecule has 108 valence electrons. The molecule has 0 saturated carbocycles. The van der Waals surface area contributed by atoms with Crippen molar-refractivity contribution in [1.29, 1.82) is 0 Å². The van der Waals surface area contributed by atoms with Crippen LogP contribution >= 0.6 is 0 Å². The number of aliphatic hydroxyl groups is 1. The number of aliphatic hydroxyl groups excluding tert-OH is 1. The van der Waals surface area contributed by atoms with Crippen molar-refractivity contribution in [2.24, 2.45) is 5.92 Å². The summed E-state index contributed by atoms with van der Waals surface area (Å²) >= 11 is 0. The first-order chi connectivity index (χ1) is 8.97. The second-order valence-electron chi connectivity index (χ2n) is 5.24. The number of nitrogens with one attached hydrogen (secondary N) is 2. The molecule has 19 heavy (non-hydrogen) atoms. The average molecular weight is 268 g/mol. The van der Waals surface area contributed by atoms with Crippen LogP contribution in [0.5, 0.6) is 0 Å². The van der Waals surface area contributed by atoms with Gasteiger partial charge in [0, 0.05) is 13.2 Å². The predicted octanol–water partition coefficient (Wildman–Crippen LogP) is 1.25. The molecule has 0 aromatic carbocycles. The molecule has 1 atom stereocenters. The lowest BCUT2D eigenvalue weighted by Gasteiger charge is -2.08. The number of amides is 1. The number of nitrogen functional groups attached to an aromatic ring is 1. The molecule has 1 aromatic heterocycles. The van der Waals surface area contributed by atoms with Crippen LogP contribution in [0.25, 0.3) is 0 Å². The van der Waals surface area contributed by atoms with E-state index in [1.807, 2.05) is 20.8 Å². The third kappa shape index (κ3) is 4.24. The molecule has 0 fully saturated rings. The van der Waals surface area contributed by atoms with E-state index in [2.05, 4.69) is 15.5 Å². The number of hydrogen-bond donors (Lipinski definition) is 4. The van der Waals surface area contributed by atoms with E-state index in [0.29, 0.717) is 12.2 Å². The molecule has 1 aromatic rings. The summed E-state index contributed by atoms with van der Waals surface area (Å²) in [5.41, 5.74) is 7.37. The minimum atomic E-state index is -0.252. The number of anilines is 1. The molecule has 1 heterocycles. The molecule has 0 radical (unpaired) electrons. The fraction of sp³-hybridized carbons (Fsp3) is 0.692. The SMILES string of the molecule is CC(CO)CCCNC(=O)c1n[nH]c(C(C)C)c1N. The highest BCUT2D eigenvalue weighted by molar-refractivity contribution is 5.97. The molecular formula is C13H24N4O2. The van der Waals surface area contributed by atoms with Crippen molar-refractivity contribution >= 4 is 11.6 Å². The van der Waals surface area contributed by atoms with E-state index >= 15 is 0 Å². The number of nitrogens with zero attached hydrogens (tertiary/aromatic N) is 1. The van der Waals surface area contributed by atoms with Crippen molar-refractivity contribution in [3.63, 3.8) is 0 Å². The maximum Gasteiger partial charge on any atom is 0.273 e. The molecule has 1 rings (SSSR count). The molecule has 6 heteroatoms. The minimum Gasteiger partial charge on any atom is -0.396 e. The van der Waals surface area contributed by atoms with Gasteiger partial charge >= 0.3 is 0 Å². The van der Waals surface area contributed by atoms with Crippen molar-refractivity contribution in [1.82, 2.24) is 15.5 Å². The van der Waals surface area contributed by atoms with Crippen molar-refractivity contribution in [2.45, 2.75) is 39.5 Å². The molecule has 0 aliphatic carbocycles. The number of hydrogen-bond acceptors (Lipinski definition) is 4.